The van der Waals surface area contributed by atoms with Crippen molar-refractivity contribution in [3.8, 4) is 0 Å². The molecule has 4 N–H and O–H groups in total. The molecule has 0 aromatic carbocycles. The first-order valence-corrected chi connectivity index (χ1v) is 30.7. The van der Waals surface area contributed by atoms with Crippen molar-refractivity contribution in [2.24, 2.45) is 0 Å². The Kier molecular flexibility index (Phi) is 46.1. The summed E-state index contributed by atoms with van der Waals surface area (Å²) in [5.74, 6) is -0.388. The number of unbranched alkanes of at least 4 members (excludes halogenated alkanes) is 40. The van der Waals surface area contributed by atoms with Gasteiger partial charge in [-0.05, 0) is 12.8 Å². The Morgan fingerprint density at radius 3 is 1.16 bits per heavy atom. The van der Waals surface area contributed by atoms with Gasteiger partial charge in [-0.15, -0.1) is 0 Å². The first-order valence-electron chi connectivity index (χ1n) is 29.3. The zero-order chi connectivity index (χ0) is 50.3. The molecule has 1 rings (SSSR count). The zero-order valence-corrected chi connectivity index (χ0v) is 45.5. The lowest BCUT2D eigenvalue weighted by Crippen LogP contribution is -2.60. The first-order chi connectivity index (χ1) is 33.6. The quantitative estimate of drug-likeness (QED) is 0.0258. The molecule has 1 aliphatic heterocycles. The van der Waals surface area contributed by atoms with Crippen LogP contribution in [0.5, 0.6) is 0 Å². The third-order valence-corrected chi connectivity index (χ3v) is 14.4. The van der Waals surface area contributed by atoms with Gasteiger partial charge in [-0.3, -0.25) is 9.35 Å². The van der Waals surface area contributed by atoms with Crippen molar-refractivity contribution < 1.29 is 56.2 Å². The highest BCUT2D eigenvalue weighted by molar-refractivity contribution is 7.80. The monoisotopic (exact) mass is 1010 g/mol. The van der Waals surface area contributed by atoms with Crippen LogP contribution in [0.15, 0.2) is 0 Å². The van der Waals surface area contributed by atoms with Crippen molar-refractivity contribution in [2.75, 3.05) is 26.4 Å². The van der Waals surface area contributed by atoms with E-state index < -0.39 is 53.8 Å². The van der Waals surface area contributed by atoms with E-state index in [1.54, 1.807) is 0 Å². The van der Waals surface area contributed by atoms with Gasteiger partial charge in [0.15, 0.2) is 6.29 Å². The van der Waals surface area contributed by atoms with Gasteiger partial charge >= 0.3 is 16.4 Å². The van der Waals surface area contributed by atoms with Crippen LogP contribution >= 0.6 is 0 Å². The van der Waals surface area contributed by atoms with Crippen LogP contribution in [0.1, 0.15) is 290 Å². The fraction of sp³-hybridized carbons (Fsp3) is 0.982. The minimum atomic E-state index is -5.06. The maximum absolute atomic E-state index is 13.0. The molecular weight excluding hydrogens is 897 g/mol. The second kappa shape index (κ2) is 48.1. The highest BCUT2D eigenvalue weighted by atomic mass is 32.3. The standard InChI is InChI=1S/C56H110O12S/c1-3-5-7-9-11-13-15-17-19-21-23-24-25-26-27-28-29-31-33-35-37-39-41-43-45-52(58)66-50(49-65-56-54(60)55(68-69(61,62)63)53(59)51(47-57)67-56)48-64-46-44-42-40-38-36-34-32-30-22-20-18-16-14-12-10-8-6-4-2/h50-51,53-57,59-60H,3-49H2,1-2H3,(H,61,62,63). The van der Waals surface area contributed by atoms with Crippen LogP contribution in [0, 0.1) is 0 Å². The Morgan fingerprint density at radius 1 is 0.493 bits per heavy atom. The van der Waals surface area contributed by atoms with Crippen molar-refractivity contribution >= 4 is 16.4 Å². The summed E-state index contributed by atoms with van der Waals surface area (Å²) in [5, 5.41) is 30.8. The molecule has 1 fully saturated rings. The SMILES string of the molecule is CCCCCCCCCCCCCCCCCCCCCCCCCCC(=O)OC(COCCCCCCCCCCCCCCCCCCCC)COC1OC(CO)C(O)C(OS(=O)(=O)O)C1O. The number of esters is 1. The van der Waals surface area contributed by atoms with Crippen LogP contribution in [-0.2, 0) is 38.3 Å². The Morgan fingerprint density at radius 2 is 0.826 bits per heavy atom. The molecule has 1 aliphatic rings. The van der Waals surface area contributed by atoms with E-state index >= 15 is 0 Å². The van der Waals surface area contributed by atoms with E-state index in [2.05, 4.69) is 18.0 Å². The Hall–Kier alpha value is -0.900. The lowest BCUT2D eigenvalue weighted by molar-refractivity contribution is -0.301. The van der Waals surface area contributed by atoms with Gasteiger partial charge in [0.2, 0.25) is 0 Å². The molecule has 0 saturated carbocycles. The average Bonchev–Trinajstić information content (AvgIpc) is 3.32. The van der Waals surface area contributed by atoms with Gasteiger partial charge in [-0.25, -0.2) is 4.18 Å². The number of aliphatic hydroxyl groups excluding tert-OH is 3. The molecule has 0 radical (unpaired) electrons. The summed E-state index contributed by atoms with van der Waals surface area (Å²) in [6.07, 6.45) is 45.7. The molecular formula is C56H110O12S. The number of carbonyl (C=O) groups is 1. The van der Waals surface area contributed by atoms with Crippen molar-refractivity contribution in [3.63, 3.8) is 0 Å². The summed E-state index contributed by atoms with van der Waals surface area (Å²) in [4.78, 5) is 13.0. The number of hydrogen-bond acceptors (Lipinski definition) is 11. The van der Waals surface area contributed by atoms with Gasteiger partial charge in [0.1, 0.15) is 30.5 Å². The van der Waals surface area contributed by atoms with E-state index in [9.17, 15) is 33.1 Å². The van der Waals surface area contributed by atoms with E-state index in [1.807, 2.05) is 0 Å². The maximum atomic E-state index is 13.0. The molecule has 13 heteroatoms. The number of carbonyl (C=O) groups excluding carboxylic acids is 1. The molecule has 0 aliphatic carbocycles. The predicted molar refractivity (Wildman–Crippen MR) is 281 cm³/mol. The van der Waals surface area contributed by atoms with Crippen LogP contribution in [0.3, 0.4) is 0 Å². The molecule has 1 saturated heterocycles. The minimum Gasteiger partial charge on any atom is -0.457 e. The van der Waals surface area contributed by atoms with Crippen LogP contribution in [0.4, 0.5) is 0 Å². The van der Waals surface area contributed by atoms with Gasteiger partial charge in [0.25, 0.3) is 0 Å². The highest BCUT2D eigenvalue weighted by Crippen LogP contribution is 2.26. The Labute approximate surface area is 424 Å². The van der Waals surface area contributed by atoms with Gasteiger partial charge in [-0.1, -0.05) is 271 Å². The smallest absolute Gasteiger partial charge is 0.397 e. The summed E-state index contributed by atoms with van der Waals surface area (Å²) in [6.45, 7) is 4.08. The number of ether oxygens (including phenoxy) is 4. The third-order valence-electron chi connectivity index (χ3n) is 14.0. The molecule has 0 aromatic heterocycles. The molecule has 12 nitrogen and oxygen atoms in total. The second-order valence-electron chi connectivity index (χ2n) is 20.6. The number of aliphatic hydroxyl groups is 3. The molecule has 6 atom stereocenters. The molecule has 1 heterocycles. The predicted octanol–water partition coefficient (Wildman–Crippen LogP) is 14.4. The third kappa shape index (κ3) is 41.2. The largest absolute Gasteiger partial charge is 0.457 e. The van der Waals surface area contributed by atoms with Crippen molar-refractivity contribution in [1.82, 2.24) is 0 Å². The summed E-state index contributed by atoms with van der Waals surface area (Å²) in [7, 11) is -5.06. The highest BCUT2D eigenvalue weighted by Gasteiger charge is 2.48. The van der Waals surface area contributed by atoms with Crippen molar-refractivity contribution in [2.45, 2.75) is 327 Å². The van der Waals surface area contributed by atoms with Crippen LogP contribution in [0.2, 0.25) is 0 Å². The lowest BCUT2D eigenvalue weighted by atomic mass is 9.99. The Bertz CT molecular complexity index is 1210. The summed E-state index contributed by atoms with van der Waals surface area (Å²) in [6, 6.07) is 0. The lowest BCUT2D eigenvalue weighted by Gasteiger charge is -2.41. The van der Waals surface area contributed by atoms with E-state index in [4.69, 9.17) is 18.9 Å². The average molecular weight is 1010 g/mol. The maximum Gasteiger partial charge on any atom is 0.397 e. The first kappa shape index (κ1) is 66.1. The summed E-state index contributed by atoms with van der Waals surface area (Å²) >= 11 is 0. The van der Waals surface area contributed by atoms with E-state index in [-0.39, 0.29) is 25.6 Å². The van der Waals surface area contributed by atoms with Gasteiger partial charge < -0.3 is 34.3 Å². The van der Waals surface area contributed by atoms with Crippen LogP contribution < -0.4 is 0 Å². The van der Waals surface area contributed by atoms with Crippen molar-refractivity contribution in [3.05, 3.63) is 0 Å². The molecule has 0 spiro atoms. The number of rotatable bonds is 53. The molecule has 69 heavy (non-hydrogen) atoms. The van der Waals surface area contributed by atoms with Gasteiger partial charge in [-0.2, -0.15) is 8.42 Å². The summed E-state index contributed by atoms with van der Waals surface area (Å²) < 4.78 is 59.4. The van der Waals surface area contributed by atoms with E-state index in [1.165, 1.54) is 225 Å². The van der Waals surface area contributed by atoms with Gasteiger partial charge in [0, 0.05) is 13.0 Å². The topological polar surface area (TPSA) is 178 Å². The molecule has 0 bridgehead atoms. The second-order valence-corrected chi connectivity index (χ2v) is 21.7. The zero-order valence-electron chi connectivity index (χ0n) is 44.7. The Balaban J connectivity index is 2.26. The van der Waals surface area contributed by atoms with Crippen LogP contribution in [-0.4, -0.2) is 97.5 Å². The number of hydrogen-bond donors (Lipinski definition) is 4. The minimum absolute atomic E-state index is 0.0456. The fourth-order valence-corrected chi connectivity index (χ4v) is 10.1. The molecule has 0 amide bonds. The van der Waals surface area contributed by atoms with E-state index in [0.717, 1.165) is 38.5 Å². The molecule has 6 unspecified atom stereocenters. The molecule has 412 valence electrons. The molecule has 0 aromatic rings. The van der Waals surface area contributed by atoms with Gasteiger partial charge in [0.05, 0.1) is 19.8 Å². The normalized spacial score (nSPS) is 19.1. The van der Waals surface area contributed by atoms with Crippen molar-refractivity contribution in [1.29, 1.82) is 0 Å². The fourth-order valence-electron chi connectivity index (χ4n) is 9.56. The summed E-state index contributed by atoms with van der Waals surface area (Å²) in [5.41, 5.74) is 0. The van der Waals surface area contributed by atoms with E-state index in [0.29, 0.717) is 13.0 Å². The van der Waals surface area contributed by atoms with Crippen LogP contribution in [0.25, 0.3) is 0 Å².